The van der Waals surface area contributed by atoms with Gasteiger partial charge in [-0.3, -0.25) is 14.5 Å². The average Bonchev–Trinajstić information content (AvgIpc) is 3.52. The van der Waals surface area contributed by atoms with Gasteiger partial charge in [-0.2, -0.15) is 4.98 Å². The zero-order valence-corrected chi connectivity index (χ0v) is 31.9. The van der Waals surface area contributed by atoms with E-state index in [9.17, 15) is 19.5 Å². The van der Waals surface area contributed by atoms with Crippen LogP contribution in [0.5, 0.6) is 5.75 Å². The number of oxazole rings is 1. The van der Waals surface area contributed by atoms with Crippen molar-refractivity contribution in [1.82, 2.24) is 30.1 Å². The number of likely N-dealkylation sites (tertiary alicyclic amines) is 1. The van der Waals surface area contributed by atoms with E-state index in [1.807, 2.05) is 30.0 Å². The number of amides is 3. The molecule has 1 aliphatic carbocycles. The second-order valence-corrected chi connectivity index (χ2v) is 16.3. The summed E-state index contributed by atoms with van der Waals surface area (Å²) in [6, 6.07) is 6.87. The number of hydrogen-bond donors (Lipinski definition) is 3. The summed E-state index contributed by atoms with van der Waals surface area (Å²) < 4.78 is 17.1. The standard InChI is InChI=1S/C39H52N8O7/c1-24-33(53-23-41-24)20-52-29-10-9-26-14-31(47(19-27(26)13-29)37(51)54-38(3,4)5)32(49)18-40-35(50)30-15-34(44-36(43-30)45-11-7-6-8-12-45)42-28-16-39(17-28)21-46(22-39)25(2)48/h9-10,13,15,23,28,31-32,49H,6-8,11-12,14,16-22H2,1-5H3,(H,40,50)(H,42,43,44)/t31-,32+/m0/s1. The van der Waals surface area contributed by atoms with Crippen molar-refractivity contribution in [3.05, 3.63) is 58.9 Å². The van der Waals surface area contributed by atoms with Crippen molar-refractivity contribution in [1.29, 1.82) is 0 Å². The number of rotatable bonds is 10. The number of ether oxygens (including phenoxy) is 2. The maximum absolute atomic E-state index is 13.7. The molecule has 1 saturated carbocycles. The Hall–Kier alpha value is -4.92. The second-order valence-electron chi connectivity index (χ2n) is 16.3. The Morgan fingerprint density at radius 1 is 1.07 bits per heavy atom. The molecule has 3 aromatic rings. The van der Waals surface area contributed by atoms with Gasteiger partial charge in [-0.15, -0.1) is 0 Å². The fourth-order valence-electron chi connectivity index (χ4n) is 7.98. The summed E-state index contributed by atoms with van der Waals surface area (Å²) in [4.78, 5) is 58.1. The molecule has 3 fully saturated rings. The molecule has 15 heteroatoms. The number of aliphatic hydroxyl groups excluding tert-OH is 1. The molecule has 0 bridgehead atoms. The van der Waals surface area contributed by atoms with Gasteiger partial charge in [-0.1, -0.05) is 6.07 Å². The van der Waals surface area contributed by atoms with Crippen LogP contribution >= 0.6 is 0 Å². The maximum atomic E-state index is 13.7. The minimum absolute atomic E-state index is 0.112. The predicted molar refractivity (Wildman–Crippen MR) is 199 cm³/mol. The van der Waals surface area contributed by atoms with E-state index in [0.717, 1.165) is 75.1 Å². The van der Waals surface area contributed by atoms with Crippen molar-refractivity contribution < 1.29 is 33.4 Å². The van der Waals surface area contributed by atoms with E-state index in [0.29, 0.717) is 29.7 Å². The molecule has 5 heterocycles. The SMILES string of the molecule is CC(=O)N1CC2(CC(Nc3cc(C(=O)NC[C@@H](O)[C@@H]4Cc5ccc(OCc6ocnc6C)cc5CN4C(=O)OC(C)(C)C)nc(N4CCCCC4)n3)C2)C1. The Morgan fingerprint density at radius 2 is 1.83 bits per heavy atom. The smallest absolute Gasteiger partial charge is 0.410 e. The van der Waals surface area contributed by atoms with E-state index in [4.69, 9.17) is 18.9 Å². The average molecular weight is 745 g/mol. The lowest BCUT2D eigenvalue weighted by Crippen LogP contribution is -2.65. The quantitative estimate of drug-likeness (QED) is 0.270. The number of anilines is 2. The molecule has 54 heavy (non-hydrogen) atoms. The molecule has 3 N–H and O–H groups in total. The number of piperidine rings is 1. The molecule has 290 valence electrons. The largest absolute Gasteiger partial charge is 0.486 e. The van der Waals surface area contributed by atoms with Gasteiger partial charge in [0.05, 0.1) is 17.8 Å². The molecule has 1 spiro atoms. The summed E-state index contributed by atoms with van der Waals surface area (Å²) in [5, 5.41) is 18.0. The lowest BCUT2D eigenvalue weighted by molar-refractivity contribution is -0.148. The van der Waals surface area contributed by atoms with Gasteiger partial charge in [0.25, 0.3) is 5.91 Å². The minimum Gasteiger partial charge on any atom is -0.486 e. The number of aliphatic hydroxyl groups is 1. The van der Waals surface area contributed by atoms with Crippen LogP contribution in [0.2, 0.25) is 0 Å². The molecule has 1 aromatic carbocycles. The predicted octanol–water partition coefficient (Wildman–Crippen LogP) is 4.22. The van der Waals surface area contributed by atoms with Crippen molar-refractivity contribution in [3.63, 3.8) is 0 Å². The van der Waals surface area contributed by atoms with E-state index in [2.05, 4.69) is 25.5 Å². The third-order valence-electron chi connectivity index (χ3n) is 10.9. The summed E-state index contributed by atoms with van der Waals surface area (Å²) in [5.74, 6) is 2.00. The number of carbonyl (C=O) groups is 3. The minimum atomic E-state index is -1.11. The fourth-order valence-corrected chi connectivity index (χ4v) is 7.98. The number of aromatic nitrogens is 3. The molecule has 2 saturated heterocycles. The number of nitrogens with one attached hydrogen (secondary N) is 2. The summed E-state index contributed by atoms with van der Waals surface area (Å²) >= 11 is 0. The molecule has 7 rings (SSSR count). The van der Waals surface area contributed by atoms with E-state index in [1.165, 1.54) is 11.3 Å². The molecule has 15 nitrogen and oxygen atoms in total. The first-order valence-electron chi connectivity index (χ1n) is 19.0. The van der Waals surface area contributed by atoms with Crippen LogP contribution in [0.25, 0.3) is 0 Å². The van der Waals surface area contributed by atoms with Crippen LogP contribution < -0.4 is 20.3 Å². The van der Waals surface area contributed by atoms with Crippen molar-refractivity contribution in [2.75, 3.05) is 42.9 Å². The van der Waals surface area contributed by atoms with Crippen LogP contribution in [0.4, 0.5) is 16.6 Å². The van der Waals surface area contributed by atoms with Gasteiger partial charge in [0, 0.05) is 63.7 Å². The van der Waals surface area contributed by atoms with Gasteiger partial charge < -0.3 is 39.4 Å². The van der Waals surface area contributed by atoms with E-state index in [1.54, 1.807) is 33.8 Å². The molecule has 0 unspecified atom stereocenters. The Morgan fingerprint density at radius 3 is 2.52 bits per heavy atom. The van der Waals surface area contributed by atoms with Crippen LogP contribution in [-0.4, -0.2) is 104 Å². The van der Waals surface area contributed by atoms with Crippen LogP contribution in [0.1, 0.15) is 92.9 Å². The topological polar surface area (TPSA) is 175 Å². The van der Waals surface area contributed by atoms with Gasteiger partial charge in [0.1, 0.15) is 29.5 Å². The third kappa shape index (κ3) is 8.40. The molecule has 2 atom stereocenters. The van der Waals surface area contributed by atoms with E-state index in [-0.39, 0.29) is 42.8 Å². The number of aryl methyl sites for hydroxylation is 1. The van der Waals surface area contributed by atoms with Crippen molar-refractivity contribution in [2.45, 2.75) is 110 Å². The lowest BCUT2D eigenvalue weighted by atomic mass is 9.60. The molecule has 0 radical (unpaired) electrons. The van der Waals surface area contributed by atoms with Gasteiger partial charge in [-0.05, 0) is 89.5 Å². The van der Waals surface area contributed by atoms with Crippen molar-refractivity contribution in [3.8, 4) is 5.75 Å². The number of benzene rings is 1. The molecule has 3 aliphatic heterocycles. The fraction of sp³-hybridized carbons (Fsp3) is 0.590. The Kier molecular flexibility index (Phi) is 10.4. The number of hydrogen-bond acceptors (Lipinski definition) is 12. The third-order valence-corrected chi connectivity index (χ3v) is 10.9. The number of fused-ring (bicyclic) bond motifs is 1. The molecular weight excluding hydrogens is 692 g/mol. The van der Waals surface area contributed by atoms with Crippen LogP contribution in [-0.2, 0) is 29.1 Å². The first-order valence-corrected chi connectivity index (χ1v) is 19.0. The van der Waals surface area contributed by atoms with Crippen molar-refractivity contribution >= 4 is 29.7 Å². The molecule has 4 aliphatic rings. The van der Waals surface area contributed by atoms with Gasteiger partial charge in [0.2, 0.25) is 11.9 Å². The normalized spacial score (nSPS) is 20.0. The lowest BCUT2D eigenvalue weighted by Gasteiger charge is -2.59. The molecular formula is C39H52N8O7. The van der Waals surface area contributed by atoms with Gasteiger partial charge in [-0.25, -0.2) is 14.8 Å². The van der Waals surface area contributed by atoms with Crippen LogP contribution in [0.3, 0.4) is 0 Å². The van der Waals surface area contributed by atoms with E-state index >= 15 is 0 Å². The highest BCUT2D eigenvalue weighted by Crippen LogP contribution is 2.49. The van der Waals surface area contributed by atoms with Gasteiger partial charge in [0.15, 0.2) is 12.2 Å². The highest BCUT2D eigenvalue weighted by Gasteiger charge is 2.53. The van der Waals surface area contributed by atoms with Crippen molar-refractivity contribution in [2.24, 2.45) is 5.41 Å². The summed E-state index contributed by atoms with van der Waals surface area (Å²) in [5.41, 5.74) is 2.21. The summed E-state index contributed by atoms with van der Waals surface area (Å²) in [6.45, 7) is 12.4. The van der Waals surface area contributed by atoms with Gasteiger partial charge >= 0.3 is 6.09 Å². The summed E-state index contributed by atoms with van der Waals surface area (Å²) in [7, 11) is 0. The van der Waals surface area contributed by atoms with Crippen LogP contribution in [0, 0.1) is 12.3 Å². The Bertz CT molecular complexity index is 1860. The zero-order valence-electron chi connectivity index (χ0n) is 31.9. The number of carbonyl (C=O) groups excluding carboxylic acids is 3. The first kappa shape index (κ1) is 37.4. The Balaban J connectivity index is 1.03. The highest BCUT2D eigenvalue weighted by atomic mass is 16.6. The van der Waals surface area contributed by atoms with E-state index < -0.39 is 29.7 Å². The first-order chi connectivity index (χ1) is 25.7. The highest BCUT2D eigenvalue weighted by molar-refractivity contribution is 5.93. The summed E-state index contributed by atoms with van der Waals surface area (Å²) in [6.07, 6.45) is 5.14. The molecule has 2 aromatic heterocycles. The second kappa shape index (κ2) is 15.1. The van der Waals surface area contributed by atoms with Crippen LogP contribution in [0.15, 0.2) is 35.1 Å². The number of nitrogens with zero attached hydrogens (tertiary/aromatic N) is 6. The Labute approximate surface area is 315 Å². The molecule has 3 amide bonds. The monoisotopic (exact) mass is 744 g/mol. The zero-order chi connectivity index (χ0) is 38.2. The maximum Gasteiger partial charge on any atom is 0.410 e.